The van der Waals surface area contributed by atoms with Crippen molar-refractivity contribution in [2.45, 2.75) is 17.2 Å². The van der Waals surface area contributed by atoms with Gasteiger partial charge in [-0.1, -0.05) is 23.5 Å². The molecule has 2 N–H and O–H groups in total. The van der Waals surface area contributed by atoms with Crippen LogP contribution in [0.2, 0.25) is 0 Å². The molecule has 0 radical (unpaired) electrons. The molecule has 0 aliphatic carbocycles. The van der Waals surface area contributed by atoms with E-state index in [1.54, 1.807) is 20.2 Å². The SMILES string of the molecule is Cc1cc(NC(=O)CSc2nnnn2C)cc(NC(=O)CSc2nnnn2C)c1. The van der Waals surface area contributed by atoms with Crippen LogP contribution in [0.5, 0.6) is 0 Å². The van der Waals surface area contributed by atoms with Gasteiger partial charge in [-0.05, 0) is 51.5 Å². The minimum absolute atomic E-state index is 0.159. The Morgan fingerprint density at radius 3 is 1.69 bits per heavy atom. The number of carbonyl (C=O) groups is 2. The second-order valence-electron chi connectivity index (χ2n) is 5.93. The largest absolute Gasteiger partial charge is 0.325 e. The number of anilines is 2. The van der Waals surface area contributed by atoms with E-state index in [9.17, 15) is 9.59 Å². The molecular weight excluding hydrogens is 416 g/mol. The van der Waals surface area contributed by atoms with Gasteiger partial charge in [0, 0.05) is 25.5 Å². The Bertz CT molecular complexity index is 942. The lowest BCUT2D eigenvalue weighted by molar-refractivity contribution is -0.114. The van der Waals surface area contributed by atoms with Crippen LogP contribution in [0.25, 0.3) is 0 Å². The molecule has 12 nitrogen and oxygen atoms in total. The molecule has 2 heterocycles. The zero-order chi connectivity index (χ0) is 20.8. The van der Waals surface area contributed by atoms with Crippen molar-refractivity contribution in [1.82, 2.24) is 40.4 Å². The Balaban J connectivity index is 1.54. The second kappa shape index (κ2) is 9.47. The topological polar surface area (TPSA) is 145 Å². The van der Waals surface area contributed by atoms with E-state index in [1.165, 1.54) is 32.9 Å². The average Bonchev–Trinajstić information content (AvgIpc) is 3.25. The van der Waals surface area contributed by atoms with Crippen molar-refractivity contribution in [3.63, 3.8) is 0 Å². The van der Waals surface area contributed by atoms with Gasteiger partial charge >= 0.3 is 0 Å². The standard InChI is InChI=1S/C15H18N10O2S2/c1-9-4-10(16-12(26)7-28-14-18-20-22-24(14)2)6-11(5-9)17-13(27)8-29-15-19-21-23-25(15)3/h4-6H,7-8H2,1-3H3,(H,16,26)(H,17,27). The summed E-state index contributed by atoms with van der Waals surface area (Å²) in [7, 11) is 3.41. The third-order valence-corrected chi connectivity index (χ3v) is 5.49. The number of carbonyl (C=O) groups excluding carboxylic acids is 2. The molecule has 29 heavy (non-hydrogen) atoms. The summed E-state index contributed by atoms with van der Waals surface area (Å²) in [5, 5.41) is 28.8. The highest BCUT2D eigenvalue weighted by Gasteiger charge is 2.11. The van der Waals surface area contributed by atoms with Gasteiger partial charge in [0.1, 0.15) is 0 Å². The van der Waals surface area contributed by atoms with Gasteiger partial charge in [-0.3, -0.25) is 9.59 Å². The molecule has 0 saturated carbocycles. The minimum atomic E-state index is -0.203. The van der Waals surface area contributed by atoms with Crippen LogP contribution in [0.4, 0.5) is 11.4 Å². The number of nitrogens with one attached hydrogen (secondary N) is 2. The zero-order valence-corrected chi connectivity index (χ0v) is 17.5. The second-order valence-corrected chi connectivity index (χ2v) is 7.82. The fraction of sp³-hybridized carbons (Fsp3) is 0.333. The van der Waals surface area contributed by atoms with Crippen LogP contribution in [-0.2, 0) is 23.7 Å². The van der Waals surface area contributed by atoms with Gasteiger partial charge in [-0.25, -0.2) is 9.36 Å². The number of hydrogen-bond donors (Lipinski definition) is 2. The molecule has 0 spiro atoms. The maximum Gasteiger partial charge on any atom is 0.234 e. The number of benzene rings is 1. The molecule has 152 valence electrons. The van der Waals surface area contributed by atoms with Crippen LogP contribution < -0.4 is 10.6 Å². The molecule has 0 aliphatic heterocycles. The number of nitrogens with zero attached hydrogens (tertiary/aromatic N) is 8. The van der Waals surface area contributed by atoms with Gasteiger partial charge in [-0.15, -0.1) is 10.2 Å². The Morgan fingerprint density at radius 1 is 0.862 bits per heavy atom. The summed E-state index contributed by atoms with van der Waals surface area (Å²) in [4.78, 5) is 24.4. The van der Waals surface area contributed by atoms with Gasteiger partial charge in [0.05, 0.1) is 11.5 Å². The van der Waals surface area contributed by atoms with E-state index in [0.717, 1.165) is 5.56 Å². The van der Waals surface area contributed by atoms with Gasteiger partial charge in [0.25, 0.3) is 0 Å². The summed E-state index contributed by atoms with van der Waals surface area (Å²) in [6.45, 7) is 1.88. The summed E-state index contributed by atoms with van der Waals surface area (Å²) < 4.78 is 2.99. The molecule has 0 saturated heterocycles. The quantitative estimate of drug-likeness (QED) is 0.481. The maximum atomic E-state index is 12.2. The van der Waals surface area contributed by atoms with Crippen LogP contribution in [0.1, 0.15) is 5.56 Å². The molecule has 0 fully saturated rings. The highest BCUT2D eigenvalue weighted by atomic mass is 32.2. The number of tetrazole rings is 2. The number of hydrogen-bond acceptors (Lipinski definition) is 10. The molecule has 0 unspecified atom stereocenters. The van der Waals surface area contributed by atoms with Gasteiger partial charge in [0.15, 0.2) is 0 Å². The molecule has 3 aromatic rings. The monoisotopic (exact) mass is 434 g/mol. The summed E-state index contributed by atoms with van der Waals surface area (Å²) in [6, 6.07) is 5.34. The fourth-order valence-electron chi connectivity index (χ4n) is 2.27. The van der Waals surface area contributed by atoms with Crippen molar-refractivity contribution in [3.8, 4) is 0 Å². The molecule has 2 aromatic heterocycles. The predicted octanol–water partition coefficient (Wildman–Crippen LogP) is 0.504. The summed E-state index contributed by atoms with van der Waals surface area (Å²) in [5.41, 5.74) is 2.08. The van der Waals surface area contributed by atoms with E-state index < -0.39 is 0 Å². The molecule has 0 bridgehead atoms. The molecule has 0 atom stereocenters. The summed E-state index contributed by atoms with van der Waals surface area (Å²) in [5.74, 6) is -0.0873. The molecule has 3 rings (SSSR count). The first-order valence-corrected chi connectivity index (χ1v) is 10.3. The van der Waals surface area contributed by atoms with Gasteiger partial charge < -0.3 is 10.6 Å². The number of aryl methyl sites for hydroxylation is 3. The van der Waals surface area contributed by atoms with Crippen molar-refractivity contribution in [2.24, 2.45) is 14.1 Å². The first-order valence-electron chi connectivity index (χ1n) is 8.32. The van der Waals surface area contributed by atoms with Crippen molar-refractivity contribution < 1.29 is 9.59 Å². The molecule has 1 aromatic carbocycles. The smallest absolute Gasteiger partial charge is 0.234 e. The highest BCUT2D eigenvalue weighted by molar-refractivity contribution is 8.00. The first kappa shape index (κ1) is 20.7. The number of amides is 2. The van der Waals surface area contributed by atoms with Crippen LogP contribution >= 0.6 is 23.5 Å². The lowest BCUT2D eigenvalue weighted by Crippen LogP contribution is -2.17. The third-order valence-electron chi connectivity index (χ3n) is 3.47. The normalized spacial score (nSPS) is 10.7. The van der Waals surface area contributed by atoms with E-state index in [4.69, 9.17) is 0 Å². The van der Waals surface area contributed by atoms with Crippen LogP contribution in [0.3, 0.4) is 0 Å². The van der Waals surface area contributed by atoms with Gasteiger partial charge in [-0.2, -0.15) is 0 Å². The number of rotatable bonds is 8. The Hall–Kier alpha value is -3.00. The third kappa shape index (κ3) is 5.99. The van der Waals surface area contributed by atoms with Crippen molar-refractivity contribution in [2.75, 3.05) is 22.1 Å². The van der Waals surface area contributed by atoms with E-state index in [2.05, 4.69) is 41.7 Å². The zero-order valence-electron chi connectivity index (χ0n) is 15.9. The van der Waals surface area contributed by atoms with Crippen molar-refractivity contribution in [3.05, 3.63) is 23.8 Å². The Morgan fingerprint density at radius 2 is 1.31 bits per heavy atom. The summed E-state index contributed by atoms with van der Waals surface area (Å²) >= 11 is 2.46. The number of thioether (sulfide) groups is 2. The maximum absolute atomic E-state index is 12.2. The first-order chi connectivity index (χ1) is 13.9. The minimum Gasteiger partial charge on any atom is -0.325 e. The lowest BCUT2D eigenvalue weighted by atomic mass is 10.2. The Labute approximate surface area is 174 Å². The average molecular weight is 435 g/mol. The Kier molecular flexibility index (Phi) is 6.77. The van der Waals surface area contributed by atoms with E-state index >= 15 is 0 Å². The molecule has 0 aliphatic rings. The number of aromatic nitrogens is 8. The summed E-state index contributed by atoms with van der Waals surface area (Å²) in [6.07, 6.45) is 0. The highest BCUT2D eigenvalue weighted by Crippen LogP contribution is 2.21. The molecule has 14 heteroatoms. The molecule has 2 amide bonds. The van der Waals surface area contributed by atoms with Crippen molar-refractivity contribution >= 4 is 46.7 Å². The van der Waals surface area contributed by atoms with Gasteiger partial charge in [0.2, 0.25) is 22.1 Å². The van der Waals surface area contributed by atoms with Crippen LogP contribution in [0.15, 0.2) is 28.5 Å². The van der Waals surface area contributed by atoms with E-state index in [0.29, 0.717) is 21.7 Å². The van der Waals surface area contributed by atoms with E-state index in [-0.39, 0.29) is 23.3 Å². The molecular formula is C15H18N10O2S2. The van der Waals surface area contributed by atoms with Crippen LogP contribution in [-0.4, -0.2) is 63.7 Å². The van der Waals surface area contributed by atoms with E-state index in [1.807, 2.05) is 19.1 Å². The van der Waals surface area contributed by atoms with Crippen molar-refractivity contribution in [1.29, 1.82) is 0 Å². The fourth-order valence-corrected chi connectivity index (χ4v) is 3.57. The predicted molar refractivity (Wildman–Crippen MR) is 107 cm³/mol. The van der Waals surface area contributed by atoms with Crippen LogP contribution in [0, 0.1) is 6.92 Å². The lowest BCUT2D eigenvalue weighted by Gasteiger charge is -2.10.